The van der Waals surface area contributed by atoms with Gasteiger partial charge < -0.3 is 0 Å². The average molecular weight is 798 g/mol. The molecule has 0 nitrogen and oxygen atoms in total. The van der Waals surface area contributed by atoms with Gasteiger partial charge in [0.15, 0.2) is 0 Å². The number of rotatable bonds is 4. The predicted molar refractivity (Wildman–Crippen MR) is 298 cm³/mol. The Balaban J connectivity index is 1.35. The first-order valence-corrected chi connectivity index (χ1v) is 21.3. The molecule has 0 heterocycles. The summed E-state index contributed by atoms with van der Waals surface area (Å²) < 4.78 is 0. The molecule has 0 saturated heterocycles. The van der Waals surface area contributed by atoms with E-state index in [0.29, 0.717) is 38.6 Å². The first-order valence-electron chi connectivity index (χ1n) is 21.3. The summed E-state index contributed by atoms with van der Waals surface area (Å²) in [5.41, 5.74) is 6.04. The van der Waals surface area contributed by atoms with E-state index in [0.717, 1.165) is 75.9 Å². The summed E-state index contributed by atoms with van der Waals surface area (Å²) in [7, 11) is 82.2. The molecule has 66 heavy (non-hydrogen) atoms. The Labute approximate surface area is 398 Å². The zero-order valence-corrected chi connectivity index (χ0v) is 35.5. The van der Waals surface area contributed by atoms with Crippen molar-refractivity contribution in [1.82, 2.24) is 0 Å². The van der Waals surface area contributed by atoms with E-state index in [4.69, 9.17) is 94.2 Å². The van der Waals surface area contributed by atoms with Gasteiger partial charge in [0.05, 0.1) is 0 Å². The Morgan fingerprint density at radius 2 is 0.561 bits per heavy atom. The maximum Gasteiger partial charge on any atom is 0.113 e. The lowest BCUT2D eigenvalue weighted by atomic mass is 9.57. The molecule has 272 valence electrons. The molecule has 12 heteroatoms. The summed E-state index contributed by atoms with van der Waals surface area (Å²) in [5, 5.41) is 13.8. The quantitative estimate of drug-likeness (QED) is 0.183. The Hall–Kier alpha value is -6.24. The van der Waals surface area contributed by atoms with Gasteiger partial charge in [0.25, 0.3) is 0 Å². The molecule has 0 amide bonds. The average Bonchev–Trinajstić information content (AvgIpc) is 3.34. The highest BCUT2D eigenvalue weighted by atomic mass is 14.3. The lowest BCUT2D eigenvalue weighted by Gasteiger charge is -2.30. The molecule has 0 atom stereocenters. The fraction of sp³-hybridized carbons (Fsp3) is 0. The van der Waals surface area contributed by atoms with Crippen molar-refractivity contribution in [2.24, 2.45) is 0 Å². The predicted octanol–water partition coefficient (Wildman–Crippen LogP) is 0.828. The lowest BCUT2D eigenvalue weighted by molar-refractivity contribution is 1.62. The Morgan fingerprint density at radius 1 is 0.212 bits per heavy atom. The van der Waals surface area contributed by atoms with Gasteiger partial charge >= 0.3 is 0 Å². The van der Waals surface area contributed by atoms with Crippen LogP contribution in [0.4, 0.5) is 0 Å². The highest BCUT2D eigenvalue weighted by Gasteiger charge is 2.28. The highest BCUT2D eigenvalue weighted by Crippen LogP contribution is 2.48. The summed E-state index contributed by atoms with van der Waals surface area (Å²) >= 11 is 0. The SMILES string of the molecule is [B]c1c([B])c([B])c(-c2cc(-c3ccc4ccc5cccc6ccc3c4c56)cc(-c3ccc4ccc5cccc6ccc3c4c56)c2-c2c([B])c([B])c([B])c3c([B])c([B])c([B])c([B])c23)c([B])c1[B]. The van der Waals surface area contributed by atoms with Crippen molar-refractivity contribution in [3.63, 3.8) is 0 Å². The molecule has 12 rings (SSSR count). The van der Waals surface area contributed by atoms with E-state index in [-0.39, 0.29) is 65.6 Å². The highest BCUT2D eigenvalue weighted by molar-refractivity contribution is 6.72. The van der Waals surface area contributed by atoms with E-state index < -0.39 is 0 Å². The molecule has 0 bridgehead atoms. The van der Waals surface area contributed by atoms with Gasteiger partial charge in [0.1, 0.15) is 94.2 Å². The van der Waals surface area contributed by atoms with Crippen LogP contribution >= 0.6 is 0 Å². The van der Waals surface area contributed by atoms with E-state index in [1.807, 2.05) is 6.07 Å². The molecule has 0 aliphatic heterocycles. The molecule has 0 aromatic heterocycles. The van der Waals surface area contributed by atoms with Crippen molar-refractivity contribution in [2.45, 2.75) is 0 Å². The Bertz CT molecular complexity index is 4070. The van der Waals surface area contributed by atoms with Crippen molar-refractivity contribution < 1.29 is 0 Å². The van der Waals surface area contributed by atoms with Gasteiger partial charge in [-0.25, -0.2) is 0 Å². The van der Waals surface area contributed by atoms with Gasteiger partial charge in [-0.2, -0.15) is 0 Å². The molecule has 0 aliphatic rings. The maximum atomic E-state index is 7.28. The second-order valence-corrected chi connectivity index (χ2v) is 17.3. The van der Waals surface area contributed by atoms with Crippen molar-refractivity contribution in [3.05, 3.63) is 121 Å². The monoisotopic (exact) mass is 800 g/mol. The molecule has 12 aromatic carbocycles. The van der Waals surface area contributed by atoms with Crippen LogP contribution in [0.25, 0.3) is 120 Å². The second kappa shape index (κ2) is 14.6. The summed E-state index contributed by atoms with van der Waals surface area (Å²) in [6.07, 6.45) is 0. The smallest absolute Gasteiger partial charge is 0.112 e. The third-order valence-electron chi connectivity index (χ3n) is 14.0. The molecule has 0 aliphatic carbocycles. The molecular weight excluding hydrogens is 778 g/mol. The zero-order chi connectivity index (χ0) is 45.8. The van der Waals surface area contributed by atoms with Crippen LogP contribution in [-0.2, 0) is 0 Å². The molecular formula is C54H20B12. The number of fused-ring (bicyclic) bond motifs is 1. The van der Waals surface area contributed by atoms with E-state index in [1.165, 1.54) is 5.39 Å². The minimum atomic E-state index is 0.0564. The third-order valence-corrected chi connectivity index (χ3v) is 14.0. The van der Waals surface area contributed by atoms with Gasteiger partial charge in [-0.15, -0.1) is 32.8 Å². The van der Waals surface area contributed by atoms with Crippen molar-refractivity contribution in [3.8, 4) is 44.5 Å². The Morgan fingerprint density at radius 3 is 1.08 bits per heavy atom. The van der Waals surface area contributed by atoms with Crippen molar-refractivity contribution in [1.29, 1.82) is 0 Å². The third kappa shape index (κ3) is 5.51. The fourth-order valence-electron chi connectivity index (χ4n) is 10.8. The van der Waals surface area contributed by atoms with Crippen LogP contribution in [0, 0.1) is 0 Å². The molecule has 0 spiro atoms. The van der Waals surface area contributed by atoms with Crippen LogP contribution in [0.5, 0.6) is 0 Å². The molecule has 12 aromatic rings. The van der Waals surface area contributed by atoms with Crippen LogP contribution in [0.2, 0.25) is 0 Å². The zero-order valence-electron chi connectivity index (χ0n) is 35.5. The van der Waals surface area contributed by atoms with E-state index in [9.17, 15) is 0 Å². The van der Waals surface area contributed by atoms with Gasteiger partial charge in [-0.3, -0.25) is 0 Å². The van der Waals surface area contributed by atoms with Crippen LogP contribution in [0.3, 0.4) is 0 Å². The first-order chi connectivity index (χ1) is 31.8. The van der Waals surface area contributed by atoms with Crippen LogP contribution in [0.15, 0.2) is 121 Å². The molecule has 0 fully saturated rings. The Kier molecular flexibility index (Phi) is 9.13. The van der Waals surface area contributed by atoms with E-state index in [2.05, 4.69) is 115 Å². The number of hydrogen-bond acceptors (Lipinski definition) is 0. The van der Waals surface area contributed by atoms with E-state index >= 15 is 0 Å². The first kappa shape index (κ1) is 41.2. The van der Waals surface area contributed by atoms with Gasteiger partial charge in [0, 0.05) is 0 Å². The van der Waals surface area contributed by atoms with Gasteiger partial charge in [-0.05, 0) is 132 Å². The minimum absolute atomic E-state index is 0.0564. The van der Waals surface area contributed by atoms with E-state index in [1.54, 1.807) is 0 Å². The maximum absolute atomic E-state index is 7.28. The number of benzene rings is 12. The molecule has 0 unspecified atom stereocenters. The summed E-state index contributed by atoms with van der Waals surface area (Å²) in [6.45, 7) is 0. The van der Waals surface area contributed by atoms with Crippen LogP contribution < -0.4 is 65.6 Å². The van der Waals surface area contributed by atoms with Crippen molar-refractivity contribution in [2.75, 3.05) is 0 Å². The topological polar surface area (TPSA) is 0 Å². The summed E-state index contributed by atoms with van der Waals surface area (Å²) in [5.74, 6) is 0. The number of hydrogen-bond donors (Lipinski definition) is 0. The molecule has 24 radical (unpaired) electrons. The molecule has 0 saturated carbocycles. The van der Waals surface area contributed by atoms with Crippen molar-refractivity contribution >= 4 is 235 Å². The van der Waals surface area contributed by atoms with Crippen LogP contribution in [0.1, 0.15) is 0 Å². The standard InChI is InChI=1S/C54H20B12/c55-43-39(44(56)51(63)54(66)50(43)62)33-20-27(28-15-11-25-9-7-21-3-1-5-23-13-17-30(28)36(25)34(21)23)19-32(29-16-12-26-10-8-22-4-2-6-24-14-18-31(29)37(26)35(22)24)38(33)40-41-42(47(59)49(61)45(40)57)48(60)53(65)52(64)46(41)58/h1-20H. The molecule has 0 N–H and O–H groups in total. The normalized spacial score (nSPS) is 12.1. The fourth-order valence-corrected chi connectivity index (χ4v) is 10.8. The summed E-state index contributed by atoms with van der Waals surface area (Å²) in [6, 6.07) is 42.6. The minimum Gasteiger partial charge on any atom is -0.112 e. The van der Waals surface area contributed by atoms with Crippen LogP contribution in [-0.4, -0.2) is 94.2 Å². The largest absolute Gasteiger partial charge is 0.113 e. The van der Waals surface area contributed by atoms with Gasteiger partial charge in [0.2, 0.25) is 0 Å². The van der Waals surface area contributed by atoms with Gasteiger partial charge in [-0.1, -0.05) is 142 Å². The second-order valence-electron chi connectivity index (χ2n) is 17.3. The summed E-state index contributed by atoms with van der Waals surface area (Å²) in [4.78, 5) is 0. The lowest BCUT2D eigenvalue weighted by Crippen LogP contribution is -2.55.